The topological polar surface area (TPSA) is 92.4 Å². The number of rotatable bonds is 5. The molecule has 1 aromatic carbocycles. The summed E-state index contributed by atoms with van der Waals surface area (Å²) in [6.45, 7) is 3.84. The van der Waals surface area contributed by atoms with Gasteiger partial charge in [-0.1, -0.05) is 6.92 Å². The number of carboxylic acid groups (broad SMARTS) is 1. The third-order valence-corrected chi connectivity index (χ3v) is 3.11. The average molecular weight is 288 g/mol. The third kappa shape index (κ3) is 3.47. The Morgan fingerprint density at radius 2 is 2.05 bits per heavy atom. The largest absolute Gasteiger partial charge is 0.478 e. The summed E-state index contributed by atoms with van der Waals surface area (Å²) in [5.41, 5.74) is 0.734. The molecule has 1 aromatic heterocycles. The van der Waals surface area contributed by atoms with Crippen LogP contribution in [0.1, 0.15) is 41.0 Å². The molecule has 0 aliphatic carbocycles. The molecule has 0 saturated carbocycles. The van der Waals surface area contributed by atoms with Gasteiger partial charge in [0.05, 0.1) is 11.8 Å². The molecule has 2 aromatic rings. The third-order valence-electron chi connectivity index (χ3n) is 3.11. The van der Waals surface area contributed by atoms with Gasteiger partial charge in [-0.05, 0) is 31.5 Å². The molecule has 110 valence electrons. The maximum atomic E-state index is 12.2. The van der Waals surface area contributed by atoms with Crippen molar-refractivity contribution >= 4 is 11.9 Å². The number of aromatic carboxylic acids is 1. The summed E-state index contributed by atoms with van der Waals surface area (Å²) in [5, 5.41) is 12.0. The zero-order valence-corrected chi connectivity index (χ0v) is 11.8. The molecule has 0 bridgehead atoms. The van der Waals surface area contributed by atoms with E-state index in [4.69, 9.17) is 9.52 Å². The summed E-state index contributed by atoms with van der Waals surface area (Å²) >= 11 is 0. The van der Waals surface area contributed by atoms with Gasteiger partial charge in [0.25, 0.3) is 5.91 Å². The molecule has 6 heteroatoms. The lowest BCUT2D eigenvalue weighted by atomic mass is 10.0. The summed E-state index contributed by atoms with van der Waals surface area (Å²) < 4.78 is 5.16. The molecular weight excluding hydrogens is 272 g/mol. The highest BCUT2D eigenvalue weighted by Gasteiger charge is 2.15. The lowest BCUT2D eigenvalue weighted by Gasteiger charge is -2.12. The van der Waals surface area contributed by atoms with Gasteiger partial charge in [-0.15, -0.1) is 0 Å². The molecule has 0 saturated heterocycles. The lowest BCUT2D eigenvalue weighted by Crippen LogP contribution is -2.32. The van der Waals surface area contributed by atoms with Gasteiger partial charge in [-0.2, -0.15) is 0 Å². The summed E-state index contributed by atoms with van der Waals surface area (Å²) in [5.74, 6) is -1.16. The Balaban J connectivity index is 2.41. The van der Waals surface area contributed by atoms with Crippen LogP contribution >= 0.6 is 0 Å². The van der Waals surface area contributed by atoms with E-state index < -0.39 is 5.97 Å². The predicted molar refractivity (Wildman–Crippen MR) is 76.1 cm³/mol. The zero-order chi connectivity index (χ0) is 15.4. The molecule has 0 fully saturated rings. The Morgan fingerprint density at radius 1 is 1.33 bits per heavy atom. The smallest absolute Gasteiger partial charge is 0.335 e. The molecule has 2 rings (SSSR count). The van der Waals surface area contributed by atoms with E-state index in [2.05, 4.69) is 10.3 Å². The van der Waals surface area contributed by atoms with Crippen LogP contribution in [0.5, 0.6) is 0 Å². The maximum absolute atomic E-state index is 12.2. The van der Waals surface area contributed by atoms with Crippen LogP contribution in [0.15, 0.2) is 35.1 Å². The molecule has 0 spiro atoms. The fourth-order valence-corrected chi connectivity index (χ4v) is 1.78. The number of nitrogens with zero attached hydrogens (tertiary/aromatic N) is 1. The van der Waals surface area contributed by atoms with E-state index in [-0.39, 0.29) is 29.0 Å². The predicted octanol–water partition coefficient (Wildman–Crippen LogP) is 2.57. The standard InChI is InChI=1S/C15H16N2O4/c1-3-9(2)17-13(18)10-6-11(14-16-4-5-21-14)8-12(7-10)15(19)20/h4-9H,3H2,1-2H3,(H,17,18)(H,19,20). The van der Waals surface area contributed by atoms with Gasteiger partial charge in [-0.3, -0.25) is 4.79 Å². The van der Waals surface area contributed by atoms with Gasteiger partial charge in [0.2, 0.25) is 5.89 Å². The highest BCUT2D eigenvalue weighted by atomic mass is 16.4. The van der Waals surface area contributed by atoms with Gasteiger partial charge >= 0.3 is 5.97 Å². The first-order valence-electron chi connectivity index (χ1n) is 6.60. The number of hydrogen-bond donors (Lipinski definition) is 2. The number of amides is 1. The Morgan fingerprint density at radius 3 is 2.62 bits per heavy atom. The average Bonchev–Trinajstić information content (AvgIpc) is 3.00. The monoisotopic (exact) mass is 288 g/mol. The quantitative estimate of drug-likeness (QED) is 0.882. The first kappa shape index (κ1) is 14.8. The summed E-state index contributed by atoms with van der Waals surface area (Å²) in [6.07, 6.45) is 3.64. The molecule has 6 nitrogen and oxygen atoms in total. The van der Waals surface area contributed by atoms with Crippen molar-refractivity contribution in [3.05, 3.63) is 41.8 Å². The summed E-state index contributed by atoms with van der Waals surface area (Å²) in [4.78, 5) is 27.3. The van der Waals surface area contributed by atoms with Crippen molar-refractivity contribution in [1.29, 1.82) is 0 Å². The van der Waals surface area contributed by atoms with Crippen molar-refractivity contribution in [3.8, 4) is 11.5 Å². The first-order valence-corrected chi connectivity index (χ1v) is 6.60. The van der Waals surface area contributed by atoms with Gasteiger partial charge in [0.15, 0.2) is 0 Å². The van der Waals surface area contributed by atoms with Crippen molar-refractivity contribution in [2.24, 2.45) is 0 Å². The molecule has 1 heterocycles. The van der Waals surface area contributed by atoms with Crippen LogP contribution in [0.25, 0.3) is 11.5 Å². The van der Waals surface area contributed by atoms with Gasteiger partial charge in [0.1, 0.15) is 6.26 Å². The number of hydrogen-bond acceptors (Lipinski definition) is 4. The SMILES string of the molecule is CCC(C)NC(=O)c1cc(C(=O)O)cc(-c2ncco2)c1. The zero-order valence-electron chi connectivity index (χ0n) is 11.8. The van der Waals surface area contributed by atoms with Crippen molar-refractivity contribution < 1.29 is 19.1 Å². The van der Waals surface area contributed by atoms with Crippen LogP contribution in [-0.4, -0.2) is 28.0 Å². The number of carbonyl (C=O) groups excluding carboxylic acids is 1. The van der Waals surface area contributed by atoms with Crippen molar-refractivity contribution in [3.63, 3.8) is 0 Å². The van der Waals surface area contributed by atoms with E-state index in [1.807, 2.05) is 13.8 Å². The molecule has 0 aliphatic rings. The fraction of sp³-hybridized carbons (Fsp3) is 0.267. The lowest BCUT2D eigenvalue weighted by molar-refractivity contribution is 0.0697. The number of oxazole rings is 1. The molecular formula is C15H16N2O4. The van der Waals surface area contributed by atoms with E-state index in [1.54, 1.807) is 6.07 Å². The molecule has 1 amide bonds. The highest BCUT2D eigenvalue weighted by Crippen LogP contribution is 2.21. The van der Waals surface area contributed by atoms with E-state index in [0.717, 1.165) is 6.42 Å². The molecule has 0 radical (unpaired) electrons. The second-order valence-electron chi connectivity index (χ2n) is 4.72. The van der Waals surface area contributed by atoms with Crippen LogP contribution in [0, 0.1) is 0 Å². The summed E-state index contributed by atoms with van der Waals surface area (Å²) in [6, 6.07) is 4.34. The maximum Gasteiger partial charge on any atom is 0.335 e. The van der Waals surface area contributed by atoms with Gasteiger partial charge < -0.3 is 14.8 Å². The number of benzene rings is 1. The second-order valence-corrected chi connectivity index (χ2v) is 4.72. The second kappa shape index (κ2) is 6.21. The van der Waals surface area contributed by atoms with Crippen molar-refractivity contribution in [1.82, 2.24) is 10.3 Å². The minimum atomic E-state index is -1.11. The first-order chi connectivity index (χ1) is 10.0. The van der Waals surface area contributed by atoms with Gasteiger partial charge in [-0.25, -0.2) is 9.78 Å². The number of carboxylic acids is 1. The molecule has 21 heavy (non-hydrogen) atoms. The minimum Gasteiger partial charge on any atom is -0.478 e. The Kier molecular flexibility index (Phi) is 4.37. The van der Waals surface area contributed by atoms with E-state index in [9.17, 15) is 9.59 Å². The number of carbonyl (C=O) groups is 2. The molecule has 1 atom stereocenters. The van der Waals surface area contributed by atoms with E-state index in [1.165, 1.54) is 24.6 Å². The summed E-state index contributed by atoms with van der Waals surface area (Å²) in [7, 11) is 0. The van der Waals surface area contributed by atoms with E-state index >= 15 is 0 Å². The molecule has 2 N–H and O–H groups in total. The van der Waals surface area contributed by atoms with Crippen LogP contribution in [0.3, 0.4) is 0 Å². The number of nitrogens with one attached hydrogen (secondary N) is 1. The minimum absolute atomic E-state index is 0.0103. The fourth-order valence-electron chi connectivity index (χ4n) is 1.78. The van der Waals surface area contributed by atoms with Crippen molar-refractivity contribution in [2.45, 2.75) is 26.3 Å². The van der Waals surface area contributed by atoms with Crippen LogP contribution in [0.4, 0.5) is 0 Å². The van der Waals surface area contributed by atoms with Crippen molar-refractivity contribution in [2.75, 3.05) is 0 Å². The normalized spacial score (nSPS) is 11.9. The van der Waals surface area contributed by atoms with Gasteiger partial charge in [0, 0.05) is 17.2 Å². The molecule has 1 unspecified atom stereocenters. The van der Waals surface area contributed by atoms with Crippen LogP contribution < -0.4 is 5.32 Å². The Bertz CT molecular complexity index is 650. The Hall–Kier alpha value is -2.63. The molecule has 0 aliphatic heterocycles. The van der Waals surface area contributed by atoms with Crippen LogP contribution in [0.2, 0.25) is 0 Å². The number of aromatic nitrogens is 1. The Labute approximate surface area is 121 Å². The van der Waals surface area contributed by atoms with Crippen LogP contribution in [-0.2, 0) is 0 Å². The van der Waals surface area contributed by atoms with E-state index in [0.29, 0.717) is 5.56 Å². The highest BCUT2D eigenvalue weighted by molar-refractivity contribution is 5.99.